The predicted molar refractivity (Wildman–Crippen MR) is 97.2 cm³/mol. The van der Waals surface area contributed by atoms with Gasteiger partial charge in [-0.25, -0.2) is 4.79 Å². The first-order valence-corrected chi connectivity index (χ1v) is 8.27. The third kappa shape index (κ3) is 4.51. The molecule has 5 nitrogen and oxygen atoms in total. The number of methoxy groups -OCH3 is 1. The molecule has 0 bridgehead atoms. The second-order valence-electron chi connectivity index (χ2n) is 5.67. The number of nitrogens with one attached hydrogen (secondary N) is 1. The number of benzene rings is 2. The molecule has 0 radical (unpaired) electrons. The standard InChI is InChI=1S/C20H23N3O2/c1-4-23(15(2)17-11-9-16(13-21)10-12-17)20(24)22-14-18-7-5-6-8-19(18)25-3/h5-12,15H,4,14H2,1-3H3,(H,22,24). The first-order valence-electron chi connectivity index (χ1n) is 8.27. The van der Waals surface area contributed by atoms with Crippen LogP contribution in [0.15, 0.2) is 48.5 Å². The number of nitrogens with zero attached hydrogens (tertiary/aromatic N) is 2. The number of hydrogen-bond donors (Lipinski definition) is 1. The van der Waals surface area contributed by atoms with E-state index in [4.69, 9.17) is 10.00 Å². The van der Waals surface area contributed by atoms with Crippen LogP contribution in [0.3, 0.4) is 0 Å². The van der Waals surface area contributed by atoms with E-state index in [2.05, 4.69) is 11.4 Å². The van der Waals surface area contributed by atoms with E-state index < -0.39 is 0 Å². The Balaban J connectivity index is 2.05. The molecule has 130 valence electrons. The monoisotopic (exact) mass is 337 g/mol. The molecule has 0 aliphatic carbocycles. The highest BCUT2D eigenvalue weighted by atomic mass is 16.5. The highest BCUT2D eigenvalue weighted by Gasteiger charge is 2.20. The van der Waals surface area contributed by atoms with Crippen molar-refractivity contribution >= 4 is 6.03 Å². The summed E-state index contributed by atoms with van der Waals surface area (Å²) in [6, 6.07) is 16.8. The minimum Gasteiger partial charge on any atom is -0.496 e. The number of hydrogen-bond acceptors (Lipinski definition) is 3. The zero-order valence-corrected chi connectivity index (χ0v) is 14.8. The molecule has 25 heavy (non-hydrogen) atoms. The lowest BCUT2D eigenvalue weighted by atomic mass is 10.1. The van der Waals surface area contributed by atoms with Crippen LogP contribution in [0.4, 0.5) is 4.79 Å². The topological polar surface area (TPSA) is 65.4 Å². The van der Waals surface area contributed by atoms with Crippen LogP contribution < -0.4 is 10.1 Å². The molecule has 2 rings (SSSR count). The van der Waals surface area contributed by atoms with Gasteiger partial charge in [0.25, 0.3) is 0 Å². The Kier molecular flexibility index (Phi) is 6.41. The lowest BCUT2D eigenvalue weighted by Gasteiger charge is -2.28. The number of carbonyl (C=O) groups is 1. The van der Waals surface area contributed by atoms with Crippen LogP contribution in [0, 0.1) is 11.3 Å². The molecule has 1 unspecified atom stereocenters. The second kappa shape index (κ2) is 8.74. The van der Waals surface area contributed by atoms with Crippen molar-refractivity contribution in [3.63, 3.8) is 0 Å². The molecular formula is C20H23N3O2. The molecule has 2 aromatic rings. The molecular weight excluding hydrogens is 314 g/mol. The van der Waals surface area contributed by atoms with Gasteiger partial charge in [-0.05, 0) is 37.6 Å². The molecule has 0 saturated heterocycles. The number of ether oxygens (including phenoxy) is 1. The van der Waals surface area contributed by atoms with Gasteiger partial charge in [-0.1, -0.05) is 30.3 Å². The van der Waals surface area contributed by atoms with Crippen molar-refractivity contribution in [1.82, 2.24) is 10.2 Å². The van der Waals surface area contributed by atoms with Gasteiger partial charge in [-0.2, -0.15) is 5.26 Å². The van der Waals surface area contributed by atoms with Crippen LogP contribution in [-0.2, 0) is 6.54 Å². The van der Waals surface area contributed by atoms with E-state index in [1.54, 1.807) is 24.1 Å². The molecule has 0 aromatic heterocycles. The quantitative estimate of drug-likeness (QED) is 0.870. The number of nitriles is 1. The minimum absolute atomic E-state index is 0.0876. The largest absolute Gasteiger partial charge is 0.496 e. The molecule has 2 amide bonds. The van der Waals surface area contributed by atoms with E-state index in [1.165, 1.54) is 0 Å². The molecule has 0 aliphatic rings. The van der Waals surface area contributed by atoms with Gasteiger partial charge in [0, 0.05) is 18.7 Å². The van der Waals surface area contributed by atoms with Gasteiger partial charge < -0.3 is 15.0 Å². The van der Waals surface area contributed by atoms with E-state index in [1.807, 2.05) is 50.2 Å². The van der Waals surface area contributed by atoms with Gasteiger partial charge in [0.05, 0.1) is 24.8 Å². The summed E-state index contributed by atoms with van der Waals surface area (Å²) in [6.07, 6.45) is 0. The number of urea groups is 1. The normalized spacial score (nSPS) is 11.3. The Bertz CT molecular complexity index is 750. The first kappa shape index (κ1) is 18.3. The van der Waals surface area contributed by atoms with Crippen molar-refractivity contribution in [2.45, 2.75) is 26.4 Å². The molecule has 0 spiro atoms. The number of rotatable bonds is 6. The Morgan fingerprint density at radius 1 is 1.24 bits per heavy atom. The Morgan fingerprint density at radius 2 is 1.92 bits per heavy atom. The molecule has 1 N–H and O–H groups in total. The smallest absolute Gasteiger partial charge is 0.318 e. The molecule has 5 heteroatoms. The van der Waals surface area contributed by atoms with Gasteiger partial charge >= 0.3 is 6.03 Å². The molecule has 2 aromatic carbocycles. The minimum atomic E-state index is -0.134. The van der Waals surface area contributed by atoms with Crippen molar-refractivity contribution < 1.29 is 9.53 Å². The average molecular weight is 337 g/mol. The maximum Gasteiger partial charge on any atom is 0.318 e. The Hall–Kier alpha value is -3.00. The first-order chi connectivity index (χ1) is 12.1. The molecule has 0 heterocycles. The van der Waals surface area contributed by atoms with Gasteiger partial charge in [-0.15, -0.1) is 0 Å². The van der Waals surface area contributed by atoms with E-state index in [9.17, 15) is 4.79 Å². The summed E-state index contributed by atoms with van der Waals surface area (Å²) < 4.78 is 5.31. The lowest BCUT2D eigenvalue weighted by molar-refractivity contribution is 0.182. The zero-order chi connectivity index (χ0) is 18.2. The summed E-state index contributed by atoms with van der Waals surface area (Å²) in [5, 5.41) is 11.8. The number of amides is 2. The molecule has 0 saturated carbocycles. The molecule has 0 aliphatic heterocycles. The van der Waals surface area contributed by atoms with Crippen LogP contribution in [0.1, 0.15) is 36.6 Å². The van der Waals surface area contributed by atoms with Crippen LogP contribution in [-0.4, -0.2) is 24.6 Å². The van der Waals surface area contributed by atoms with Crippen LogP contribution >= 0.6 is 0 Å². The van der Waals surface area contributed by atoms with Gasteiger partial charge in [0.1, 0.15) is 5.75 Å². The predicted octanol–water partition coefficient (Wildman–Crippen LogP) is 3.86. The van der Waals surface area contributed by atoms with Crippen molar-refractivity contribution in [1.29, 1.82) is 5.26 Å². The fraction of sp³-hybridized carbons (Fsp3) is 0.300. The molecule has 1 atom stereocenters. The van der Waals surface area contributed by atoms with Crippen molar-refractivity contribution in [2.75, 3.05) is 13.7 Å². The third-order valence-corrected chi connectivity index (χ3v) is 4.21. The van der Waals surface area contributed by atoms with Crippen molar-refractivity contribution in [3.8, 4) is 11.8 Å². The van der Waals surface area contributed by atoms with E-state index in [0.717, 1.165) is 16.9 Å². The van der Waals surface area contributed by atoms with Gasteiger partial charge in [0.15, 0.2) is 0 Å². The number of para-hydroxylation sites is 1. The van der Waals surface area contributed by atoms with Gasteiger partial charge in [-0.3, -0.25) is 0 Å². The Labute approximate surface area is 148 Å². The molecule has 0 fully saturated rings. The highest BCUT2D eigenvalue weighted by molar-refractivity contribution is 5.74. The maximum absolute atomic E-state index is 12.6. The van der Waals surface area contributed by atoms with E-state index in [-0.39, 0.29) is 12.1 Å². The third-order valence-electron chi connectivity index (χ3n) is 4.21. The van der Waals surface area contributed by atoms with Crippen molar-refractivity contribution in [2.24, 2.45) is 0 Å². The van der Waals surface area contributed by atoms with Crippen molar-refractivity contribution in [3.05, 3.63) is 65.2 Å². The second-order valence-corrected chi connectivity index (χ2v) is 5.67. The van der Waals surface area contributed by atoms with Crippen LogP contribution in [0.2, 0.25) is 0 Å². The average Bonchev–Trinajstić information content (AvgIpc) is 2.67. The summed E-state index contributed by atoms with van der Waals surface area (Å²) in [7, 11) is 1.62. The van der Waals surface area contributed by atoms with Gasteiger partial charge in [0.2, 0.25) is 0 Å². The zero-order valence-electron chi connectivity index (χ0n) is 14.8. The summed E-state index contributed by atoms with van der Waals surface area (Å²) in [4.78, 5) is 14.4. The lowest BCUT2D eigenvalue weighted by Crippen LogP contribution is -2.41. The fourth-order valence-corrected chi connectivity index (χ4v) is 2.73. The Morgan fingerprint density at radius 3 is 2.52 bits per heavy atom. The van der Waals surface area contributed by atoms with Crippen LogP contribution in [0.5, 0.6) is 5.75 Å². The summed E-state index contributed by atoms with van der Waals surface area (Å²) in [5.74, 6) is 0.756. The maximum atomic E-state index is 12.6. The summed E-state index contributed by atoms with van der Waals surface area (Å²) in [5.41, 5.74) is 2.54. The number of carbonyl (C=O) groups excluding carboxylic acids is 1. The van der Waals surface area contributed by atoms with Crippen LogP contribution in [0.25, 0.3) is 0 Å². The van der Waals surface area contributed by atoms with E-state index >= 15 is 0 Å². The SMILES string of the molecule is CCN(C(=O)NCc1ccccc1OC)C(C)c1ccc(C#N)cc1. The summed E-state index contributed by atoms with van der Waals surface area (Å²) in [6.45, 7) is 4.91. The highest BCUT2D eigenvalue weighted by Crippen LogP contribution is 2.21. The van der Waals surface area contributed by atoms with E-state index in [0.29, 0.717) is 18.7 Å². The fourth-order valence-electron chi connectivity index (χ4n) is 2.73. The summed E-state index contributed by atoms with van der Waals surface area (Å²) >= 11 is 0.